The molecule has 2 atom stereocenters. The minimum absolute atomic E-state index is 0.142. The lowest BCUT2D eigenvalue weighted by molar-refractivity contribution is -0.122. The van der Waals surface area contributed by atoms with Crippen LogP contribution in [0.1, 0.15) is 13.8 Å². The van der Waals surface area contributed by atoms with E-state index in [0.29, 0.717) is 17.3 Å². The molecule has 0 saturated heterocycles. The van der Waals surface area contributed by atoms with E-state index in [1.807, 2.05) is 19.1 Å². The molecular formula is C12H17ClN2O2. The summed E-state index contributed by atoms with van der Waals surface area (Å²) in [7, 11) is 0. The number of nitrogens with one attached hydrogen (secondary N) is 1. The second kappa shape index (κ2) is 6.47. The van der Waals surface area contributed by atoms with Crippen molar-refractivity contribution in [2.45, 2.75) is 26.0 Å². The maximum atomic E-state index is 11.2. The van der Waals surface area contributed by atoms with Crippen LogP contribution in [0, 0.1) is 0 Å². The van der Waals surface area contributed by atoms with E-state index in [4.69, 9.17) is 22.1 Å². The van der Waals surface area contributed by atoms with Gasteiger partial charge < -0.3 is 15.8 Å². The molecule has 1 amide bonds. The Hall–Kier alpha value is -1.26. The van der Waals surface area contributed by atoms with Gasteiger partial charge in [0.15, 0.2) is 0 Å². The predicted molar refractivity (Wildman–Crippen MR) is 68.2 cm³/mol. The number of carbonyl (C=O) groups excluding carboxylic acids is 1. The van der Waals surface area contributed by atoms with Gasteiger partial charge in [0.1, 0.15) is 11.9 Å². The largest absolute Gasteiger partial charge is 0.489 e. The maximum Gasteiger partial charge on any atom is 0.236 e. The lowest BCUT2D eigenvalue weighted by atomic mass is 10.3. The minimum Gasteiger partial charge on any atom is -0.489 e. The molecule has 0 aliphatic heterocycles. The van der Waals surface area contributed by atoms with Gasteiger partial charge in [0.25, 0.3) is 0 Å². The number of carbonyl (C=O) groups is 1. The molecule has 1 rings (SSSR count). The van der Waals surface area contributed by atoms with Crippen molar-refractivity contribution in [2.24, 2.45) is 5.73 Å². The van der Waals surface area contributed by atoms with Gasteiger partial charge in [0.05, 0.1) is 12.6 Å². The Morgan fingerprint density at radius 3 is 2.82 bits per heavy atom. The molecule has 5 heteroatoms. The van der Waals surface area contributed by atoms with Crippen LogP contribution in [-0.4, -0.2) is 24.6 Å². The first-order valence-corrected chi connectivity index (χ1v) is 5.82. The highest BCUT2D eigenvalue weighted by Gasteiger charge is 2.10. The van der Waals surface area contributed by atoms with Crippen LogP contribution >= 0.6 is 11.6 Å². The zero-order valence-electron chi connectivity index (χ0n) is 9.94. The molecule has 1 aromatic carbocycles. The molecule has 0 saturated carbocycles. The van der Waals surface area contributed by atoms with E-state index < -0.39 is 6.04 Å². The summed E-state index contributed by atoms with van der Waals surface area (Å²) in [5, 5.41) is 3.31. The lowest BCUT2D eigenvalue weighted by Gasteiger charge is -2.16. The molecule has 0 radical (unpaired) electrons. The summed E-state index contributed by atoms with van der Waals surface area (Å²) < 4.78 is 5.59. The predicted octanol–water partition coefficient (Wildman–Crippen LogP) is 1.57. The molecule has 0 aromatic heterocycles. The molecule has 4 nitrogen and oxygen atoms in total. The molecule has 3 N–H and O–H groups in total. The molecule has 1 unspecified atom stereocenters. The zero-order valence-corrected chi connectivity index (χ0v) is 10.7. The van der Waals surface area contributed by atoms with Crippen molar-refractivity contribution >= 4 is 17.5 Å². The number of hydrogen-bond donors (Lipinski definition) is 2. The Balaban J connectivity index is 2.39. The molecule has 0 fully saturated rings. The van der Waals surface area contributed by atoms with Crippen LogP contribution in [0.25, 0.3) is 0 Å². The summed E-state index contributed by atoms with van der Waals surface area (Å²) in [5.41, 5.74) is 5.42. The topological polar surface area (TPSA) is 64.4 Å². The first kappa shape index (κ1) is 13.8. The van der Waals surface area contributed by atoms with Gasteiger partial charge in [-0.05, 0) is 32.0 Å². The van der Waals surface area contributed by atoms with Crippen LogP contribution in [0.4, 0.5) is 0 Å². The molecule has 0 aliphatic carbocycles. The number of nitrogens with two attached hydrogens (primary N) is 1. The van der Waals surface area contributed by atoms with Gasteiger partial charge >= 0.3 is 0 Å². The van der Waals surface area contributed by atoms with Crippen LogP contribution in [0.2, 0.25) is 5.02 Å². The Morgan fingerprint density at radius 1 is 1.53 bits per heavy atom. The van der Waals surface area contributed by atoms with E-state index >= 15 is 0 Å². The van der Waals surface area contributed by atoms with E-state index in [9.17, 15) is 4.79 Å². The molecule has 0 heterocycles. The molecular weight excluding hydrogens is 240 g/mol. The summed E-state index contributed by atoms with van der Waals surface area (Å²) in [6.07, 6.45) is -0.142. The third-order valence-electron chi connectivity index (χ3n) is 2.11. The quantitative estimate of drug-likeness (QED) is 0.841. The van der Waals surface area contributed by atoms with E-state index in [1.54, 1.807) is 19.1 Å². The van der Waals surface area contributed by atoms with Gasteiger partial charge in [-0.25, -0.2) is 0 Å². The Bertz CT molecular complexity index is 383. The second-order valence-corrected chi connectivity index (χ2v) is 4.36. The fourth-order valence-corrected chi connectivity index (χ4v) is 1.40. The minimum atomic E-state index is -0.506. The third-order valence-corrected chi connectivity index (χ3v) is 2.35. The summed E-state index contributed by atoms with van der Waals surface area (Å²) in [6.45, 7) is 3.91. The second-order valence-electron chi connectivity index (χ2n) is 3.92. The maximum absolute atomic E-state index is 11.2. The van der Waals surface area contributed by atoms with Crippen LogP contribution < -0.4 is 15.8 Å². The van der Waals surface area contributed by atoms with Crippen LogP contribution in [0.3, 0.4) is 0 Å². The number of benzene rings is 1. The Kier molecular flexibility index (Phi) is 5.25. The van der Waals surface area contributed by atoms with Gasteiger partial charge in [-0.1, -0.05) is 17.7 Å². The van der Waals surface area contributed by atoms with Gasteiger partial charge in [0, 0.05) is 5.02 Å². The van der Waals surface area contributed by atoms with Gasteiger partial charge in [0.2, 0.25) is 5.91 Å². The highest BCUT2D eigenvalue weighted by molar-refractivity contribution is 6.30. The standard InChI is InChI=1S/C12H17ClN2O2/c1-8(7-15-12(16)9(2)14)17-11-5-3-4-10(13)6-11/h3-6,8-9H,7,14H2,1-2H3,(H,15,16)/t8?,9-/m1/s1. The fraction of sp³-hybridized carbons (Fsp3) is 0.417. The van der Waals surface area contributed by atoms with Gasteiger partial charge in [-0.2, -0.15) is 0 Å². The monoisotopic (exact) mass is 256 g/mol. The number of rotatable bonds is 5. The van der Waals surface area contributed by atoms with Crippen molar-refractivity contribution in [1.29, 1.82) is 0 Å². The number of halogens is 1. The van der Waals surface area contributed by atoms with Crippen molar-refractivity contribution in [2.75, 3.05) is 6.54 Å². The number of amides is 1. The zero-order chi connectivity index (χ0) is 12.8. The van der Waals surface area contributed by atoms with Crippen molar-refractivity contribution < 1.29 is 9.53 Å². The van der Waals surface area contributed by atoms with Crippen molar-refractivity contribution in [3.63, 3.8) is 0 Å². The third kappa shape index (κ3) is 5.06. The first-order chi connectivity index (χ1) is 7.99. The van der Waals surface area contributed by atoms with Crippen molar-refractivity contribution in [3.05, 3.63) is 29.3 Å². The normalized spacial score (nSPS) is 13.9. The molecule has 0 aliphatic rings. The fourth-order valence-electron chi connectivity index (χ4n) is 1.22. The summed E-state index contributed by atoms with van der Waals surface area (Å²) in [6, 6.07) is 6.62. The Labute approximate surface area is 106 Å². The van der Waals surface area contributed by atoms with Crippen LogP contribution in [0.15, 0.2) is 24.3 Å². The van der Waals surface area contributed by atoms with E-state index in [2.05, 4.69) is 5.32 Å². The van der Waals surface area contributed by atoms with E-state index in [1.165, 1.54) is 0 Å². The van der Waals surface area contributed by atoms with Crippen molar-refractivity contribution in [3.8, 4) is 5.75 Å². The molecule has 0 spiro atoms. The molecule has 0 bridgehead atoms. The van der Waals surface area contributed by atoms with Gasteiger partial charge in [-0.3, -0.25) is 4.79 Å². The number of ether oxygens (including phenoxy) is 1. The summed E-state index contributed by atoms with van der Waals surface area (Å²) in [4.78, 5) is 11.2. The first-order valence-electron chi connectivity index (χ1n) is 5.44. The average molecular weight is 257 g/mol. The SMILES string of the molecule is CC(CNC(=O)[C@@H](C)N)Oc1cccc(Cl)c1. The molecule has 94 valence electrons. The smallest absolute Gasteiger partial charge is 0.236 e. The van der Waals surface area contributed by atoms with Gasteiger partial charge in [-0.15, -0.1) is 0 Å². The average Bonchev–Trinajstić information content (AvgIpc) is 2.25. The van der Waals surface area contributed by atoms with Crippen molar-refractivity contribution in [1.82, 2.24) is 5.32 Å². The van der Waals surface area contributed by atoms with Crippen LogP contribution in [0.5, 0.6) is 5.75 Å². The highest BCUT2D eigenvalue weighted by atomic mass is 35.5. The Morgan fingerprint density at radius 2 is 2.24 bits per heavy atom. The number of hydrogen-bond acceptors (Lipinski definition) is 3. The summed E-state index contributed by atoms with van der Waals surface area (Å²) >= 11 is 5.83. The highest BCUT2D eigenvalue weighted by Crippen LogP contribution is 2.18. The summed E-state index contributed by atoms with van der Waals surface area (Å²) in [5.74, 6) is 0.492. The van der Waals surface area contributed by atoms with Crippen LogP contribution in [-0.2, 0) is 4.79 Å². The lowest BCUT2D eigenvalue weighted by Crippen LogP contribution is -2.42. The molecule has 1 aromatic rings. The molecule has 17 heavy (non-hydrogen) atoms. The van der Waals surface area contributed by atoms with E-state index in [0.717, 1.165) is 0 Å². The van der Waals surface area contributed by atoms with E-state index in [-0.39, 0.29) is 12.0 Å².